The van der Waals surface area contributed by atoms with Gasteiger partial charge in [0.2, 0.25) is 70.9 Å². The molecule has 6 unspecified atom stereocenters. The number of unbranched alkanes of at least 4 members (excludes halogenated alkanes) is 5. The number of carbonyl (C=O) groups is 12. The van der Waals surface area contributed by atoms with Crippen molar-refractivity contribution in [2.24, 2.45) is 43.8 Å². The van der Waals surface area contributed by atoms with Crippen LogP contribution in [0, 0.1) is 43.8 Å². The third-order valence-corrected chi connectivity index (χ3v) is 24.3. The molecule has 0 radical (unpaired) electrons. The van der Waals surface area contributed by atoms with E-state index in [0.29, 0.717) is 90.3 Å². The monoisotopic (exact) mass is 1500 g/mol. The lowest BCUT2D eigenvalue weighted by molar-refractivity contribution is -0.134. The van der Waals surface area contributed by atoms with E-state index in [1.54, 1.807) is 0 Å². The van der Waals surface area contributed by atoms with E-state index < -0.39 is 32.5 Å². The Bertz CT molecular complexity index is 3540. The van der Waals surface area contributed by atoms with E-state index in [1.807, 2.05) is 50.2 Å². The molecule has 12 amide bonds. The Labute approximate surface area is 644 Å². The minimum Gasteiger partial charge on any atom is -0.342 e. The van der Waals surface area contributed by atoms with Crippen LogP contribution in [-0.2, 0) is 57.5 Å². The summed E-state index contributed by atoms with van der Waals surface area (Å²) in [6, 6.07) is 0. The summed E-state index contributed by atoms with van der Waals surface area (Å²) in [6.07, 6.45) is 21.2. The summed E-state index contributed by atoms with van der Waals surface area (Å²) in [4.78, 5) is 156. The van der Waals surface area contributed by atoms with E-state index in [9.17, 15) is 57.5 Å². The number of hydrogen-bond donors (Lipinski definition) is 6. The molecular weight excluding hydrogens is 1370 g/mol. The largest absolute Gasteiger partial charge is 0.342 e. The number of rotatable bonds is 15. The van der Waals surface area contributed by atoms with Crippen LogP contribution < -0.4 is 31.9 Å². The molecule has 12 saturated heterocycles. The van der Waals surface area contributed by atoms with Crippen molar-refractivity contribution < 1.29 is 57.5 Å². The van der Waals surface area contributed by atoms with Crippen LogP contribution in [0.5, 0.6) is 0 Å². The summed E-state index contributed by atoms with van der Waals surface area (Å²) >= 11 is 0. The van der Waals surface area contributed by atoms with Gasteiger partial charge >= 0.3 is 0 Å². The zero-order valence-electron chi connectivity index (χ0n) is 68.1. The molecule has 6 spiro atoms. The number of hydrogen-bond acceptors (Lipinski definition) is 12. The second-order valence-corrected chi connectivity index (χ2v) is 36.6. The highest BCUT2D eigenvalue weighted by atomic mass is 16.2. The lowest BCUT2D eigenvalue weighted by atomic mass is 9.78. The van der Waals surface area contributed by atoms with Crippen LogP contribution in [0.2, 0.25) is 0 Å². The molecule has 12 aliphatic rings. The smallest absolute Gasteiger partial charge is 0.232 e. The Morgan fingerprint density at radius 2 is 0.602 bits per heavy atom. The maximum absolute atomic E-state index is 12.2. The van der Waals surface area contributed by atoms with Gasteiger partial charge in [-0.15, -0.1) is 0 Å². The standard InChI is InChI=1S/C15H24N2O2.4C14H22N2O2.C13H20N2O2/c1-3-4-5-6-9-17-11-15(10-13(17)18)8-7-12(2)16-14(15)19;1-10-5-6-14(12(18)15-10)7-11(17)16(9-14)8-13(2,3)4;1-10(2)5-7-16-9-14(8-12(16)17)6-4-11(3)15-13(14)18;1-5-13(3,4)16-9-14(8-11(16)17)7-6-10(2)15-12(14)18;1-3-4-5-8-16-10-14(9-12(16)17)7-6-11(2)15-13(14)18;1-9-5-6-13(11(17)14-9)7-10(16)15(8-13)12(2,3)4/h2-11H2,1H3,(H,16,19);1,5-9H2,2-4H3,(H,15,18);10H,3-9H2,1-2H3,(H,15,18);2,5-9H2,1,3-4H3,(H,15,18);2-10H2,1H3,(H,15,18);1,5-8H2,2-4H3,(H,14,17). The van der Waals surface area contributed by atoms with Crippen LogP contribution in [0.15, 0.2) is 73.7 Å². The van der Waals surface area contributed by atoms with Crippen LogP contribution in [0.1, 0.15) is 263 Å². The van der Waals surface area contributed by atoms with Crippen molar-refractivity contribution in [3.8, 4) is 0 Å². The van der Waals surface area contributed by atoms with Gasteiger partial charge in [0.1, 0.15) is 0 Å². The molecule has 108 heavy (non-hydrogen) atoms. The van der Waals surface area contributed by atoms with E-state index in [2.05, 4.69) is 141 Å². The van der Waals surface area contributed by atoms with E-state index in [-0.39, 0.29) is 87.4 Å². The summed E-state index contributed by atoms with van der Waals surface area (Å²) in [5.74, 6) is 1.15. The highest BCUT2D eigenvalue weighted by molar-refractivity contribution is 5.98. The minimum absolute atomic E-state index is 0.00634. The fourth-order valence-electron chi connectivity index (χ4n) is 16.8. The number of amides is 12. The van der Waals surface area contributed by atoms with Gasteiger partial charge in [-0.25, -0.2) is 0 Å². The first-order valence-corrected chi connectivity index (χ1v) is 40.0. The number of piperidine rings is 6. The van der Waals surface area contributed by atoms with Gasteiger partial charge in [0.15, 0.2) is 0 Å². The van der Waals surface area contributed by atoms with Crippen LogP contribution in [0.3, 0.4) is 0 Å². The lowest BCUT2D eigenvalue weighted by Crippen LogP contribution is -2.49. The molecule has 24 heteroatoms. The third-order valence-electron chi connectivity index (χ3n) is 24.3. The van der Waals surface area contributed by atoms with Crippen molar-refractivity contribution in [3.05, 3.63) is 73.7 Å². The number of allylic oxidation sites excluding steroid dienone is 6. The normalized spacial score (nSPS) is 28.6. The molecule has 12 rings (SSSR count). The SMILES string of the molecule is C=C1CCC2(CC(=O)N(C(C)(C)C)C2)C(=O)N1.C=C1CCC2(CC(=O)N(C(C)(C)CC)C2)C(=O)N1.C=C1CCC2(CC(=O)N(CC(C)(C)C)C2)C(=O)N1.C=C1CCC2(CC(=O)N(CCC(C)C)C2)C(=O)N1.C=C1CCC2(CC(=O)N(CCCCC)C2)C(=O)N1.C=C1CCC2(CC(=O)N(CCCCCC)C2)C(=O)N1. The maximum Gasteiger partial charge on any atom is 0.232 e. The molecule has 0 bridgehead atoms. The number of nitrogens with one attached hydrogen (secondary N) is 6. The topological polar surface area (TPSA) is 296 Å². The molecule has 0 aromatic carbocycles. The molecule has 12 fully saturated rings. The highest BCUT2D eigenvalue weighted by Gasteiger charge is 2.57. The molecule has 0 aliphatic carbocycles. The van der Waals surface area contributed by atoms with Crippen LogP contribution in [0.25, 0.3) is 0 Å². The number of nitrogens with zero attached hydrogens (tertiary/aromatic N) is 6. The van der Waals surface area contributed by atoms with Crippen molar-refractivity contribution in [2.75, 3.05) is 65.4 Å². The molecule has 0 saturated carbocycles. The number of likely N-dealkylation sites (tertiary alicyclic amines) is 6. The zero-order valence-corrected chi connectivity index (χ0v) is 68.1. The second-order valence-electron chi connectivity index (χ2n) is 36.6. The Hall–Kier alpha value is -7.92. The first-order chi connectivity index (χ1) is 50.3. The van der Waals surface area contributed by atoms with E-state index >= 15 is 0 Å². The Morgan fingerprint density at radius 1 is 0.343 bits per heavy atom. The molecule has 600 valence electrons. The predicted octanol–water partition coefficient (Wildman–Crippen LogP) is 10.6. The van der Waals surface area contributed by atoms with Crippen molar-refractivity contribution in [2.45, 2.75) is 274 Å². The predicted molar refractivity (Wildman–Crippen MR) is 418 cm³/mol. The van der Waals surface area contributed by atoms with E-state index in [4.69, 9.17) is 0 Å². The third kappa shape index (κ3) is 21.3. The Kier molecular flexibility index (Phi) is 28.6. The summed E-state index contributed by atoms with van der Waals surface area (Å²) in [7, 11) is 0. The van der Waals surface area contributed by atoms with Gasteiger partial charge in [-0.05, 0) is 149 Å². The first-order valence-electron chi connectivity index (χ1n) is 40.0. The van der Waals surface area contributed by atoms with Crippen molar-refractivity contribution in [1.29, 1.82) is 0 Å². The zero-order chi connectivity index (χ0) is 80.3. The van der Waals surface area contributed by atoms with Gasteiger partial charge in [0.05, 0.1) is 32.5 Å². The van der Waals surface area contributed by atoms with Crippen LogP contribution >= 0.6 is 0 Å². The summed E-state index contributed by atoms with van der Waals surface area (Å²) in [6.45, 7) is 56.3. The fraction of sp³-hybridized carbons (Fsp3) is 0.714. The maximum atomic E-state index is 12.2. The molecule has 24 nitrogen and oxygen atoms in total. The van der Waals surface area contributed by atoms with Crippen molar-refractivity contribution in [3.63, 3.8) is 0 Å². The average Bonchev–Trinajstić information content (AvgIpc) is 1.65. The van der Waals surface area contributed by atoms with Gasteiger partial charge in [-0.2, -0.15) is 0 Å². The van der Waals surface area contributed by atoms with Crippen molar-refractivity contribution >= 4 is 70.9 Å². The average molecular weight is 1500 g/mol. The van der Waals surface area contributed by atoms with Gasteiger partial charge in [-0.3, -0.25) is 57.5 Å². The molecule has 6 atom stereocenters. The van der Waals surface area contributed by atoms with Gasteiger partial charge in [-0.1, -0.05) is 127 Å². The summed E-state index contributed by atoms with van der Waals surface area (Å²) in [5.41, 5.74) is 1.31. The first kappa shape index (κ1) is 87.3. The van der Waals surface area contributed by atoms with E-state index in [0.717, 1.165) is 176 Å². The highest BCUT2D eigenvalue weighted by Crippen LogP contribution is 2.47. The second kappa shape index (κ2) is 35.4. The van der Waals surface area contributed by atoms with Gasteiger partial charge in [0, 0.05) is 149 Å². The van der Waals surface area contributed by atoms with Gasteiger partial charge < -0.3 is 61.3 Å². The molecule has 0 aromatic heterocycles. The van der Waals surface area contributed by atoms with Crippen molar-refractivity contribution in [1.82, 2.24) is 61.3 Å². The summed E-state index contributed by atoms with van der Waals surface area (Å²) < 4.78 is 0. The van der Waals surface area contributed by atoms with Gasteiger partial charge in [0.25, 0.3) is 0 Å². The van der Waals surface area contributed by atoms with E-state index in [1.165, 1.54) is 12.8 Å². The van der Waals surface area contributed by atoms with Crippen LogP contribution in [-0.4, -0.2) is 177 Å². The molecule has 6 N–H and O–H groups in total. The summed E-state index contributed by atoms with van der Waals surface area (Å²) in [5, 5.41) is 16.8. The Balaban J connectivity index is 0.000000181. The molecule has 12 heterocycles. The molecule has 12 aliphatic heterocycles. The molecule has 0 aromatic rings. The number of carbonyl (C=O) groups excluding carboxylic acids is 12. The fourth-order valence-corrected chi connectivity index (χ4v) is 16.8. The minimum atomic E-state index is -0.523. The molecular formula is C84H132N12O12. The van der Waals surface area contributed by atoms with Crippen LogP contribution in [0.4, 0.5) is 0 Å². The Morgan fingerprint density at radius 3 is 0.880 bits per heavy atom. The lowest BCUT2D eigenvalue weighted by Gasteiger charge is -2.38. The quantitative estimate of drug-likeness (QED) is 0.0835.